The second kappa shape index (κ2) is 7.03. The molecule has 0 aliphatic heterocycles. The second-order valence-electron chi connectivity index (χ2n) is 5.67. The fraction of sp³-hybridized carbons (Fsp3) is 0.0476. The first kappa shape index (κ1) is 17.1. The standard InChI is InChI=1S/C21H16NO2.BrH/c1-22-18-13-7-5-11-16(18)20(17-12-6-8-14-19(17)22)21(23)24-15-9-3-2-4-10-15;/h2-14H,1H3;1H/q+1;/p-1. The van der Waals surface area contributed by atoms with Crippen LogP contribution in [0.5, 0.6) is 5.75 Å². The first-order chi connectivity index (χ1) is 11.8. The van der Waals surface area contributed by atoms with E-state index in [-0.39, 0.29) is 23.0 Å². The van der Waals surface area contributed by atoms with Gasteiger partial charge in [-0.3, -0.25) is 0 Å². The predicted octanol–water partition coefficient (Wildman–Crippen LogP) is 1.04. The molecule has 0 bridgehead atoms. The zero-order valence-electron chi connectivity index (χ0n) is 13.6. The summed E-state index contributed by atoms with van der Waals surface area (Å²) in [6.45, 7) is 0. The number of rotatable bonds is 2. The molecule has 0 spiro atoms. The molecule has 3 nitrogen and oxygen atoms in total. The molecule has 0 fully saturated rings. The summed E-state index contributed by atoms with van der Waals surface area (Å²) in [5.41, 5.74) is 2.59. The van der Waals surface area contributed by atoms with Crippen molar-refractivity contribution in [3.05, 3.63) is 84.4 Å². The lowest BCUT2D eigenvalue weighted by Gasteiger charge is -2.10. The molecule has 0 amide bonds. The Morgan fingerprint density at radius 1 is 0.760 bits per heavy atom. The third-order valence-electron chi connectivity index (χ3n) is 4.23. The van der Waals surface area contributed by atoms with Gasteiger partial charge in [-0.25, -0.2) is 4.79 Å². The van der Waals surface area contributed by atoms with Crippen molar-refractivity contribution in [3.63, 3.8) is 0 Å². The van der Waals surface area contributed by atoms with Gasteiger partial charge in [0.15, 0.2) is 0 Å². The van der Waals surface area contributed by atoms with Gasteiger partial charge in [0.25, 0.3) is 0 Å². The van der Waals surface area contributed by atoms with Crippen molar-refractivity contribution in [3.8, 4) is 5.75 Å². The molecule has 0 unspecified atom stereocenters. The Morgan fingerprint density at radius 3 is 1.80 bits per heavy atom. The van der Waals surface area contributed by atoms with Gasteiger partial charge in [0.05, 0.1) is 16.3 Å². The van der Waals surface area contributed by atoms with Crippen LogP contribution < -0.4 is 26.3 Å². The smallest absolute Gasteiger partial charge is 0.345 e. The van der Waals surface area contributed by atoms with E-state index in [0.717, 1.165) is 21.8 Å². The number of hydrogen-bond acceptors (Lipinski definition) is 2. The van der Waals surface area contributed by atoms with Crippen molar-refractivity contribution in [1.82, 2.24) is 0 Å². The van der Waals surface area contributed by atoms with E-state index in [1.165, 1.54) is 0 Å². The van der Waals surface area contributed by atoms with Crippen molar-refractivity contribution in [2.75, 3.05) is 0 Å². The maximum absolute atomic E-state index is 12.9. The van der Waals surface area contributed by atoms with Crippen LogP contribution in [-0.4, -0.2) is 5.97 Å². The van der Waals surface area contributed by atoms with Crippen molar-refractivity contribution in [1.29, 1.82) is 0 Å². The quantitative estimate of drug-likeness (QED) is 0.220. The number of pyridine rings is 1. The fourth-order valence-corrected chi connectivity index (χ4v) is 3.10. The minimum atomic E-state index is -0.339. The highest BCUT2D eigenvalue weighted by Gasteiger charge is 2.23. The minimum Gasteiger partial charge on any atom is -1.00 e. The van der Waals surface area contributed by atoms with Gasteiger partial charge in [0.1, 0.15) is 12.8 Å². The molecular weight excluding hydrogens is 378 g/mol. The lowest BCUT2D eigenvalue weighted by molar-refractivity contribution is -0.617. The van der Waals surface area contributed by atoms with Crippen molar-refractivity contribution in [2.45, 2.75) is 0 Å². The normalized spacial score (nSPS) is 10.4. The van der Waals surface area contributed by atoms with Gasteiger partial charge in [0, 0.05) is 12.1 Å². The molecule has 0 aliphatic rings. The highest BCUT2D eigenvalue weighted by atomic mass is 79.9. The largest absolute Gasteiger partial charge is 1.00 e. The Labute approximate surface area is 156 Å². The van der Waals surface area contributed by atoms with E-state index in [1.54, 1.807) is 12.1 Å². The average Bonchev–Trinajstić information content (AvgIpc) is 2.63. The van der Waals surface area contributed by atoms with E-state index in [1.807, 2.05) is 73.8 Å². The highest BCUT2D eigenvalue weighted by Crippen LogP contribution is 2.26. The average molecular weight is 394 g/mol. The molecule has 0 atom stereocenters. The molecule has 25 heavy (non-hydrogen) atoms. The van der Waals surface area contributed by atoms with Gasteiger partial charge < -0.3 is 21.7 Å². The van der Waals surface area contributed by atoms with E-state index in [0.29, 0.717) is 11.3 Å². The monoisotopic (exact) mass is 393 g/mol. The molecule has 1 aromatic heterocycles. The van der Waals surface area contributed by atoms with Crippen LogP contribution in [0.3, 0.4) is 0 Å². The Kier molecular flexibility index (Phi) is 4.81. The molecular formula is C21H16BrNO2. The summed E-state index contributed by atoms with van der Waals surface area (Å²) in [5.74, 6) is 0.207. The molecule has 3 aromatic carbocycles. The molecule has 4 heteroatoms. The van der Waals surface area contributed by atoms with Gasteiger partial charge in [-0.1, -0.05) is 42.5 Å². The summed E-state index contributed by atoms with van der Waals surface area (Å²) in [4.78, 5) is 12.9. The van der Waals surface area contributed by atoms with E-state index in [2.05, 4.69) is 4.57 Å². The number of carbonyl (C=O) groups excluding carboxylic acids is 1. The van der Waals surface area contributed by atoms with Crippen LogP contribution >= 0.6 is 0 Å². The number of para-hydroxylation sites is 3. The highest BCUT2D eigenvalue weighted by molar-refractivity contribution is 6.13. The first-order valence-corrected chi connectivity index (χ1v) is 7.82. The maximum atomic E-state index is 12.9. The van der Waals surface area contributed by atoms with Crippen molar-refractivity contribution >= 4 is 27.8 Å². The van der Waals surface area contributed by atoms with Crippen LogP contribution in [0.25, 0.3) is 21.8 Å². The Balaban J connectivity index is 0.00000182. The topological polar surface area (TPSA) is 30.2 Å². The number of benzene rings is 3. The molecule has 0 radical (unpaired) electrons. The number of carbonyl (C=O) groups is 1. The van der Waals surface area contributed by atoms with Crippen LogP contribution in [0, 0.1) is 0 Å². The minimum absolute atomic E-state index is 0. The molecule has 0 N–H and O–H groups in total. The summed E-state index contributed by atoms with van der Waals surface area (Å²) in [6, 6.07) is 24.9. The summed E-state index contributed by atoms with van der Waals surface area (Å²) in [5, 5.41) is 1.78. The predicted molar refractivity (Wildman–Crippen MR) is 94.0 cm³/mol. The van der Waals surface area contributed by atoms with Crippen LogP contribution in [0.15, 0.2) is 78.9 Å². The molecule has 4 rings (SSSR count). The van der Waals surface area contributed by atoms with Gasteiger partial charge in [-0.15, -0.1) is 0 Å². The maximum Gasteiger partial charge on any atom is 0.345 e. The number of aryl methyl sites for hydroxylation is 1. The van der Waals surface area contributed by atoms with Gasteiger partial charge in [-0.05, 0) is 24.3 Å². The van der Waals surface area contributed by atoms with Crippen molar-refractivity contribution < 1.29 is 31.1 Å². The zero-order chi connectivity index (χ0) is 16.5. The summed E-state index contributed by atoms with van der Waals surface area (Å²) in [6.07, 6.45) is 0. The first-order valence-electron chi connectivity index (χ1n) is 7.82. The van der Waals surface area contributed by atoms with Gasteiger partial charge in [0.2, 0.25) is 11.0 Å². The summed E-state index contributed by atoms with van der Waals surface area (Å²) < 4.78 is 7.71. The van der Waals surface area contributed by atoms with Crippen LogP contribution in [-0.2, 0) is 7.05 Å². The van der Waals surface area contributed by atoms with E-state index in [9.17, 15) is 4.79 Å². The molecule has 124 valence electrons. The number of halogens is 1. The van der Waals surface area contributed by atoms with E-state index >= 15 is 0 Å². The Hall–Kier alpha value is -2.72. The molecule has 1 heterocycles. The Bertz CT molecular complexity index is 1000. The van der Waals surface area contributed by atoms with Crippen LogP contribution in [0.1, 0.15) is 10.4 Å². The lowest BCUT2D eigenvalue weighted by Crippen LogP contribution is -3.00. The number of fused-ring (bicyclic) bond motifs is 2. The second-order valence-corrected chi connectivity index (χ2v) is 5.67. The summed E-state index contributed by atoms with van der Waals surface area (Å²) in [7, 11) is 2.01. The van der Waals surface area contributed by atoms with Crippen molar-refractivity contribution in [2.24, 2.45) is 7.05 Å². The Morgan fingerprint density at radius 2 is 1.24 bits per heavy atom. The van der Waals surface area contributed by atoms with Gasteiger partial charge >= 0.3 is 5.97 Å². The lowest BCUT2D eigenvalue weighted by atomic mass is 10.0. The van der Waals surface area contributed by atoms with Crippen LogP contribution in [0.2, 0.25) is 0 Å². The van der Waals surface area contributed by atoms with E-state index in [4.69, 9.17) is 4.74 Å². The molecule has 0 aliphatic carbocycles. The van der Waals surface area contributed by atoms with Gasteiger partial charge in [-0.2, -0.15) is 4.57 Å². The molecule has 0 saturated heterocycles. The third-order valence-corrected chi connectivity index (χ3v) is 4.23. The fourth-order valence-electron chi connectivity index (χ4n) is 3.10. The summed E-state index contributed by atoms with van der Waals surface area (Å²) >= 11 is 0. The van der Waals surface area contributed by atoms with E-state index < -0.39 is 0 Å². The number of nitrogens with zero attached hydrogens (tertiary/aromatic N) is 1. The number of hydrogen-bond donors (Lipinski definition) is 0. The zero-order valence-corrected chi connectivity index (χ0v) is 15.2. The molecule has 4 aromatic rings. The number of ether oxygens (including phenoxy) is 1. The third kappa shape index (κ3) is 3.01. The number of aromatic nitrogens is 1. The molecule has 0 saturated carbocycles. The SMILES string of the molecule is C[n+]1c2ccccc2c(C(=O)Oc2ccccc2)c2ccccc21.[Br-]. The number of esters is 1. The van der Waals surface area contributed by atoms with Crippen LogP contribution in [0.4, 0.5) is 0 Å².